The Hall–Kier alpha value is -2.82. The zero-order valence-electron chi connectivity index (χ0n) is 11.9. The van der Waals surface area contributed by atoms with Gasteiger partial charge in [-0.3, -0.25) is 4.79 Å². The maximum atomic E-state index is 12.3. The van der Waals surface area contributed by atoms with E-state index in [-0.39, 0.29) is 5.91 Å². The number of hydrogen-bond acceptors (Lipinski definition) is 3. The Bertz CT molecular complexity index is 774. The van der Waals surface area contributed by atoms with Gasteiger partial charge in [0.15, 0.2) is 0 Å². The minimum absolute atomic E-state index is 0.146. The van der Waals surface area contributed by atoms with Gasteiger partial charge in [0.05, 0.1) is 5.56 Å². The molecule has 5 heteroatoms. The fraction of sp³-hybridized carbons (Fsp3) is 0.125. The third-order valence-electron chi connectivity index (χ3n) is 3.34. The molecule has 0 saturated carbocycles. The second-order valence-corrected chi connectivity index (χ2v) is 5.00. The van der Waals surface area contributed by atoms with Crippen molar-refractivity contribution in [2.24, 2.45) is 0 Å². The Kier molecular flexibility index (Phi) is 3.31. The molecule has 1 amide bonds. The van der Waals surface area contributed by atoms with Crippen LogP contribution >= 0.6 is 0 Å². The number of nitrogens with one attached hydrogen (secondary N) is 2. The molecule has 2 heterocycles. The minimum atomic E-state index is -0.146. The fourth-order valence-electron chi connectivity index (χ4n) is 2.19. The highest BCUT2D eigenvalue weighted by Crippen LogP contribution is 2.19. The minimum Gasteiger partial charge on any atom is -0.378 e. The molecule has 21 heavy (non-hydrogen) atoms. The Balaban J connectivity index is 1.83. The van der Waals surface area contributed by atoms with Gasteiger partial charge in [0.1, 0.15) is 5.65 Å². The van der Waals surface area contributed by atoms with Crippen molar-refractivity contribution in [3.8, 4) is 0 Å². The average Bonchev–Trinajstić information content (AvgIpc) is 2.92. The van der Waals surface area contributed by atoms with E-state index in [1.807, 2.05) is 55.4 Å². The molecule has 0 unspecified atom stereocenters. The SMILES string of the molecule is CN(C)c1ccc(NC(=O)c2c[nH]c3ncccc23)cc1. The number of hydrogen-bond donors (Lipinski definition) is 2. The van der Waals surface area contributed by atoms with Gasteiger partial charge in [0, 0.05) is 43.3 Å². The lowest BCUT2D eigenvalue weighted by atomic mass is 10.2. The van der Waals surface area contributed by atoms with E-state index in [0.29, 0.717) is 11.2 Å². The molecule has 2 aromatic heterocycles. The quantitative estimate of drug-likeness (QED) is 0.775. The number of aromatic nitrogens is 2. The normalized spacial score (nSPS) is 10.6. The summed E-state index contributed by atoms with van der Waals surface area (Å²) >= 11 is 0. The molecule has 0 bridgehead atoms. The Morgan fingerprint density at radius 3 is 2.67 bits per heavy atom. The Labute approximate surface area is 122 Å². The lowest BCUT2D eigenvalue weighted by Crippen LogP contribution is -2.12. The van der Waals surface area contributed by atoms with Gasteiger partial charge in [-0.2, -0.15) is 0 Å². The lowest BCUT2D eigenvalue weighted by Gasteiger charge is -2.12. The standard InChI is InChI=1S/C16H16N4O/c1-20(2)12-7-5-11(6-8-12)19-16(21)14-10-18-15-13(14)4-3-9-17-15/h3-10H,1-2H3,(H,17,18)(H,19,21). The maximum absolute atomic E-state index is 12.3. The van der Waals surface area contributed by atoms with Crippen molar-refractivity contribution in [1.29, 1.82) is 0 Å². The topological polar surface area (TPSA) is 61.0 Å². The van der Waals surface area contributed by atoms with E-state index in [9.17, 15) is 4.79 Å². The van der Waals surface area contributed by atoms with Crippen molar-refractivity contribution in [2.45, 2.75) is 0 Å². The van der Waals surface area contributed by atoms with E-state index in [4.69, 9.17) is 0 Å². The van der Waals surface area contributed by atoms with Gasteiger partial charge >= 0.3 is 0 Å². The average molecular weight is 280 g/mol. The largest absolute Gasteiger partial charge is 0.378 e. The van der Waals surface area contributed by atoms with E-state index < -0.39 is 0 Å². The summed E-state index contributed by atoms with van der Waals surface area (Å²) in [6, 6.07) is 11.4. The van der Waals surface area contributed by atoms with Crippen LogP contribution in [0.4, 0.5) is 11.4 Å². The number of anilines is 2. The molecule has 106 valence electrons. The van der Waals surface area contributed by atoms with Crippen molar-refractivity contribution in [1.82, 2.24) is 9.97 Å². The number of carbonyl (C=O) groups excluding carboxylic acids is 1. The van der Waals surface area contributed by atoms with Gasteiger partial charge in [-0.1, -0.05) is 0 Å². The lowest BCUT2D eigenvalue weighted by molar-refractivity contribution is 0.102. The summed E-state index contributed by atoms with van der Waals surface area (Å²) in [5, 5.41) is 3.72. The zero-order valence-corrected chi connectivity index (χ0v) is 11.9. The van der Waals surface area contributed by atoms with E-state index in [0.717, 1.165) is 16.8 Å². The maximum Gasteiger partial charge on any atom is 0.257 e. The molecule has 0 aliphatic rings. The van der Waals surface area contributed by atoms with E-state index in [2.05, 4.69) is 15.3 Å². The predicted molar refractivity (Wildman–Crippen MR) is 84.8 cm³/mol. The second-order valence-electron chi connectivity index (χ2n) is 5.00. The van der Waals surface area contributed by atoms with Crippen molar-refractivity contribution >= 4 is 28.3 Å². The summed E-state index contributed by atoms with van der Waals surface area (Å²) in [7, 11) is 3.96. The van der Waals surface area contributed by atoms with Gasteiger partial charge in [-0.25, -0.2) is 4.98 Å². The number of benzene rings is 1. The van der Waals surface area contributed by atoms with Crippen molar-refractivity contribution < 1.29 is 4.79 Å². The van der Waals surface area contributed by atoms with Crippen LogP contribution in [0.15, 0.2) is 48.8 Å². The number of rotatable bonds is 3. The van der Waals surface area contributed by atoms with Crippen molar-refractivity contribution in [3.63, 3.8) is 0 Å². The first-order chi connectivity index (χ1) is 10.1. The van der Waals surface area contributed by atoms with Crippen molar-refractivity contribution in [3.05, 3.63) is 54.4 Å². The summed E-state index contributed by atoms with van der Waals surface area (Å²) in [6.07, 6.45) is 3.38. The van der Waals surface area contributed by atoms with Crippen molar-refractivity contribution in [2.75, 3.05) is 24.3 Å². The monoisotopic (exact) mass is 280 g/mol. The zero-order chi connectivity index (χ0) is 14.8. The predicted octanol–water partition coefficient (Wildman–Crippen LogP) is 2.88. The van der Waals surface area contributed by atoms with E-state index >= 15 is 0 Å². The van der Waals surface area contributed by atoms with Crippen LogP contribution in [0.3, 0.4) is 0 Å². The highest BCUT2D eigenvalue weighted by molar-refractivity contribution is 6.12. The van der Waals surface area contributed by atoms with Crippen LogP contribution < -0.4 is 10.2 Å². The van der Waals surface area contributed by atoms with Gasteiger partial charge in [0.2, 0.25) is 0 Å². The highest BCUT2D eigenvalue weighted by atomic mass is 16.1. The van der Waals surface area contributed by atoms with Gasteiger partial charge in [-0.05, 0) is 36.4 Å². The first-order valence-electron chi connectivity index (χ1n) is 6.66. The summed E-state index contributed by atoms with van der Waals surface area (Å²) in [5.74, 6) is -0.146. The number of nitrogens with zero attached hydrogens (tertiary/aromatic N) is 2. The molecule has 0 spiro atoms. The number of aromatic amines is 1. The second kappa shape index (κ2) is 5.28. The van der Waals surface area contributed by atoms with Gasteiger partial charge < -0.3 is 15.2 Å². The molecule has 3 rings (SSSR count). The molecule has 1 aromatic carbocycles. The summed E-state index contributed by atoms with van der Waals surface area (Å²) in [6.45, 7) is 0. The van der Waals surface area contributed by atoms with Crippen LogP contribution in [0, 0.1) is 0 Å². The van der Waals surface area contributed by atoms with Gasteiger partial charge in [-0.15, -0.1) is 0 Å². The van der Waals surface area contributed by atoms with Gasteiger partial charge in [0.25, 0.3) is 5.91 Å². The molecule has 5 nitrogen and oxygen atoms in total. The van der Waals surface area contributed by atoms with E-state index in [1.165, 1.54) is 0 Å². The van der Waals surface area contributed by atoms with Crippen LogP contribution in [0.5, 0.6) is 0 Å². The molecule has 0 radical (unpaired) electrons. The molecular formula is C16H16N4O. The van der Waals surface area contributed by atoms with Crippen LogP contribution in [-0.4, -0.2) is 30.0 Å². The third kappa shape index (κ3) is 2.58. The fourth-order valence-corrected chi connectivity index (χ4v) is 2.19. The first-order valence-corrected chi connectivity index (χ1v) is 6.66. The number of carbonyl (C=O) groups is 1. The van der Waals surface area contributed by atoms with E-state index in [1.54, 1.807) is 12.4 Å². The van der Waals surface area contributed by atoms with Crippen LogP contribution in [-0.2, 0) is 0 Å². The summed E-state index contributed by atoms with van der Waals surface area (Å²) in [4.78, 5) is 21.5. The van der Waals surface area contributed by atoms with Crippen LogP contribution in [0.2, 0.25) is 0 Å². The molecule has 2 N–H and O–H groups in total. The third-order valence-corrected chi connectivity index (χ3v) is 3.34. The number of H-pyrrole nitrogens is 1. The molecule has 0 saturated heterocycles. The van der Waals surface area contributed by atoms with Crippen LogP contribution in [0.25, 0.3) is 11.0 Å². The molecule has 0 fully saturated rings. The summed E-state index contributed by atoms with van der Waals surface area (Å²) < 4.78 is 0. The number of pyridine rings is 1. The Morgan fingerprint density at radius 1 is 1.19 bits per heavy atom. The Morgan fingerprint density at radius 2 is 1.95 bits per heavy atom. The smallest absolute Gasteiger partial charge is 0.257 e. The molecular weight excluding hydrogens is 264 g/mol. The highest BCUT2D eigenvalue weighted by Gasteiger charge is 2.12. The molecule has 3 aromatic rings. The number of amides is 1. The molecule has 0 aliphatic heterocycles. The first kappa shape index (κ1) is 13.2. The molecule has 0 aliphatic carbocycles. The molecule has 0 atom stereocenters. The van der Waals surface area contributed by atoms with Crippen LogP contribution in [0.1, 0.15) is 10.4 Å². The number of fused-ring (bicyclic) bond motifs is 1. The summed E-state index contributed by atoms with van der Waals surface area (Å²) in [5.41, 5.74) is 3.16.